The molecule has 0 atom stereocenters. The van der Waals surface area contributed by atoms with Crippen LogP contribution in [0.15, 0.2) is 34.8 Å². The number of hydrogen-bond acceptors (Lipinski definition) is 3. The number of nitrogens with two attached hydrogens (primary N) is 1. The van der Waals surface area contributed by atoms with E-state index in [0.29, 0.717) is 5.69 Å². The van der Waals surface area contributed by atoms with Crippen LogP contribution in [0.1, 0.15) is 11.3 Å². The summed E-state index contributed by atoms with van der Waals surface area (Å²) in [5, 5.41) is 3.27. The molecule has 0 unspecified atom stereocenters. The van der Waals surface area contributed by atoms with E-state index in [1.165, 1.54) is 5.56 Å². The maximum Gasteiger partial charge on any atom is 0.130 e. The molecule has 3 N–H and O–H groups in total. The molecule has 0 spiro atoms. The largest absolute Gasteiger partial charge is 0.397 e. The van der Waals surface area contributed by atoms with Crippen molar-refractivity contribution >= 4 is 33.1 Å². The van der Waals surface area contributed by atoms with Crippen molar-refractivity contribution in [3.8, 4) is 0 Å². The summed E-state index contributed by atoms with van der Waals surface area (Å²) in [6.45, 7) is 3.95. The molecule has 2 aromatic rings. The van der Waals surface area contributed by atoms with Gasteiger partial charge in [-0.05, 0) is 53.5 Å². The van der Waals surface area contributed by atoms with Gasteiger partial charge in [-0.1, -0.05) is 12.1 Å². The molecule has 0 aliphatic rings. The first-order valence-electron chi connectivity index (χ1n) is 5.33. The zero-order chi connectivity index (χ0) is 12.4. The summed E-state index contributed by atoms with van der Waals surface area (Å²) in [4.78, 5) is 4.38. The van der Waals surface area contributed by atoms with Crippen LogP contribution in [0.5, 0.6) is 0 Å². The van der Waals surface area contributed by atoms with Crippen LogP contribution >= 0.6 is 15.9 Å². The zero-order valence-electron chi connectivity index (χ0n) is 9.79. The second-order valence-corrected chi connectivity index (χ2v) is 4.73. The van der Waals surface area contributed by atoms with Crippen LogP contribution in [-0.2, 0) is 0 Å². The molecule has 1 aromatic heterocycles. The Morgan fingerprint density at radius 1 is 1.18 bits per heavy atom. The molecule has 0 aliphatic heterocycles. The van der Waals surface area contributed by atoms with Gasteiger partial charge in [0.2, 0.25) is 0 Å². The molecular formula is C13H14BrN3. The second-order valence-electron chi connectivity index (χ2n) is 3.93. The summed E-state index contributed by atoms with van der Waals surface area (Å²) in [5.74, 6) is 0.794. The molecular weight excluding hydrogens is 278 g/mol. The highest BCUT2D eigenvalue weighted by atomic mass is 79.9. The van der Waals surface area contributed by atoms with E-state index in [2.05, 4.69) is 39.2 Å². The molecule has 4 heteroatoms. The van der Waals surface area contributed by atoms with E-state index in [9.17, 15) is 0 Å². The quantitative estimate of drug-likeness (QED) is 0.885. The predicted molar refractivity (Wildman–Crippen MR) is 75.5 cm³/mol. The summed E-state index contributed by atoms with van der Waals surface area (Å²) >= 11 is 3.56. The van der Waals surface area contributed by atoms with Gasteiger partial charge in [-0.25, -0.2) is 4.98 Å². The molecule has 0 amide bonds. The third-order valence-electron chi connectivity index (χ3n) is 2.58. The van der Waals surface area contributed by atoms with Crippen molar-refractivity contribution in [1.82, 2.24) is 4.98 Å². The molecule has 0 aliphatic carbocycles. The Hall–Kier alpha value is -1.55. The Bertz CT molecular complexity index is 552. The Morgan fingerprint density at radius 3 is 2.65 bits per heavy atom. The topological polar surface area (TPSA) is 50.9 Å². The van der Waals surface area contributed by atoms with Gasteiger partial charge in [0, 0.05) is 4.47 Å². The average molecular weight is 292 g/mol. The smallest absolute Gasteiger partial charge is 0.130 e. The number of hydrogen-bond donors (Lipinski definition) is 2. The Balaban J connectivity index is 2.31. The number of pyridine rings is 1. The predicted octanol–water partition coefficient (Wildman–Crippen LogP) is 3.79. The van der Waals surface area contributed by atoms with E-state index < -0.39 is 0 Å². The lowest BCUT2D eigenvalue weighted by molar-refractivity contribution is 1.20. The van der Waals surface area contributed by atoms with Crippen molar-refractivity contribution in [2.24, 2.45) is 0 Å². The van der Waals surface area contributed by atoms with Gasteiger partial charge >= 0.3 is 0 Å². The molecule has 2 rings (SSSR count). The van der Waals surface area contributed by atoms with Crippen LogP contribution in [0.3, 0.4) is 0 Å². The molecule has 1 heterocycles. The maximum absolute atomic E-state index is 5.74. The number of nitrogens with one attached hydrogen (secondary N) is 1. The first kappa shape index (κ1) is 11.9. The second kappa shape index (κ2) is 4.75. The Labute approximate surface area is 109 Å². The Kier molecular flexibility index (Phi) is 3.33. The van der Waals surface area contributed by atoms with Crippen LogP contribution in [0.4, 0.5) is 17.2 Å². The summed E-state index contributed by atoms with van der Waals surface area (Å²) in [5.41, 5.74) is 9.46. The first-order chi connectivity index (χ1) is 8.08. The van der Waals surface area contributed by atoms with Gasteiger partial charge in [0.15, 0.2) is 0 Å². The van der Waals surface area contributed by atoms with E-state index in [1.54, 1.807) is 0 Å². The number of halogens is 1. The summed E-state index contributed by atoms with van der Waals surface area (Å²) in [7, 11) is 0. The average Bonchev–Trinajstić information content (AvgIpc) is 2.30. The van der Waals surface area contributed by atoms with Crippen LogP contribution in [0.25, 0.3) is 0 Å². The maximum atomic E-state index is 5.74. The molecule has 0 saturated carbocycles. The fourth-order valence-electron chi connectivity index (χ4n) is 1.52. The highest BCUT2D eigenvalue weighted by Gasteiger charge is 2.04. The number of rotatable bonds is 2. The molecule has 0 bridgehead atoms. The molecule has 3 nitrogen and oxygen atoms in total. The number of benzene rings is 1. The van der Waals surface area contributed by atoms with Crippen molar-refractivity contribution < 1.29 is 0 Å². The third-order valence-corrected chi connectivity index (χ3v) is 3.63. The van der Waals surface area contributed by atoms with Gasteiger partial charge in [-0.2, -0.15) is 0 Å². The molecule has 0 radical (unpaired) electrons. The number of nitrogen functional groups attached to an aromatic ring is 1. The van der Waals surface area contributed by atoms with Crippen molar-refractivity contribution in [2.45, 2.75) is 13.8 Å². The van der Waals surface area contributed by atoms with Crippen molar-refractivity contribution in [3.63, 3.8) is 0 Å². The van der Waals surface area contributed by atoms with E-state index in [0.717, 1.165) is 21.7 Å². The van der Waals surface area contributed by atoms with E-state index in [1.807, 2.05) is 31.2 Å². The van der Waals surface area contributed by atoms with Crippen molar-refractivity contribution in [2.75, 3.05) is 11.1 Å². The van der Waals surface area contributed by atoms with Crippen LogP contribution < -0.4 is 11.1 Å². The lowest BCUT2D eigenvalue weighted by Gasteiger charge is -2.10. The molecule has 17 heavy (non-hydrogen) atoms. The summed E-state index contributed by atoms with van der Waals surface area (Å²) in [6.07, 6.45) is 0. The monoisotopic (exact) mass is 291 g/mol. The van der Waals surface area contributed by atoms with E-state index in [-0.39, 0.29) is 0 Å². The minimum absolute atomic E-state index is 0.707. The highest BCUT2D eigenvalue weighted by molar-refractivity contribution is 9.10. The van der Waals surface area contributed by atoms with Crippen LogP contribution in [0.2, 0.25) is 0 Å². The van der Waals surface area contributed by atoms with Gasteiger partial charge in [0.25, 0.3) is 0 Å². The fourth-order valence-corrected chi connectivity index (χ4v) is 1.89. The van der Waals surface area contributed by atoms with Gasteiger partial charge in [-0.15, -0.1) is 0 Å². The number of aryl methyl sites for hydroxylation is 2. The number of nitrogens with zero attached hydrogens (tertiary/aromatic N) is 1. The fraction of sp³-hybridized carbons (Fsp3) is 0.154. The van der Waals surface area contributed by atoms with Gasteiger partial charge in [0.1, 0.15) is 5.82 Å². The van der Waals surface area contributed by atoms with Crippen LogP contribution in [0, 0.1) is 13.8 Å². The molecule has 0 fully saturated rings. The molecule has 88 valence electrons. The minimum Gasteiger partial charge on any atom is -0.397 e. The summed E-state index contributed by atoms with van der Waals surface area (Å²) < 4.78 is 1.05. The van der Waals surface area contributed by atoms with Crippen LogP contribution in [-0.4, -0.2) is 4.98 Å². The highest BCUT2D eigenvalue weighted by Crippen LogP contribution is 2.28. The molecule has 0 saturated heterocycles. The van der Waals surface area contributed by atoms with E-state index in [4.69, 9.17) is 5.73 Å². The van der Waals surface area contributed by atoms with Gasteiger partial charge < -0.3 is 11.1 Å². The number of aromatic nitrogens is 1. The molecule has 1 aromatic carbocycles. The van der Waals surface area contributed by atoms with Gasteiger partial charge in [-0.3, -0.25) is 0 Å². The zero-order valence-corrected chi connectivity index (χ0v) is 11.4. The lowest BCUT2D eigenvalue weighted by atomic mass is 10.2. The third kappa shape index (κ3) is 2.58. The standard InChI is InChI=1S/C13H14BrN3/c1-8-4-3-5-11(13(8)14)17-12-7-6-10(15)9(2)16-12/h3-7H,15H2,1-2H3,(H,16,17). The first-order valence-corrected chi connectivity index (χ1v) is 6.12. The lowest BCUT2D eigenvalue weighted by Crippen LogP contribution is -1.99. The van der Waals surface area contributed by atoms with Gasteiger partial charge in [0.05, 0.1) is 17.1 Å². The SMILES string of the molecule is Cc1cccc(Nc2ccc(N)c(C)n2)c1Br. The minimum atomic E-state index is 0.707. The number of anilines is 3. The normalized spacial score (nSPS) is 10.3. The van der Waals surface area contributed by atoms with E-state index >= 15 is 0 Å². The summed E-state index contributed by atoms with van der Waals surface area (Å²) in [6, 6.07) is 9.79. The Morgan fingerprint density at radius 2 is 1.94 bits per heavy atom. The van der Waals surface area contributed by atoms with Crippen molar-refractivity contribution in [1.29, 1.82) is 0 Å². The van der Waals surface area contributed by atoms with Crippen molar-refractivity contribution in [3.05, 3.63) is 46.1 Å².